The normalized spacial score (nSPS) is 22.1. The van der Waals surface area contributed by atoms with Crippen LogP contribution in [0.1, 0.15) is 44.2 Å². The quantitative estimate of drug-likeness (QED) is 0.331. The summed E-state index contributed by atoms with van der Waals surface area (Å²) in [7, 11) is -4.43. The Hall–Kier alpha value is -3.43. The molecule has 2 aliphatic heterocycles. The Balaban J connectivity index is 1.62. The first kappa shape index (κ1) is 32.5. The minimum atomic E-state index is -4.99. The molecule has 0 aliphatic carbocycles. The number of hydrogen-bond acceptors (Lipinski definition) is 6. The first-order chi connectivity index (χ1) is 20.0. The molecule has 10 nitrogen and oxygen atoms in total. The van der Waals surface area contributed by atoms with Crippen LogP contribution < -0.4 is 14.9 Å². The summed E-state index contributed by atoms with van der Waals surface area (Å²) in [5.74, 6) is -1.13. The van der Waals surface area contributed by atoms with Gasteiger partial charge in [0.2, 0.25) is 5.91 Å². The van der Waals surface area contributed by atoms with Gasteiger partial charge in [0.05, 0.1) is 23.2 Å². The van der Waals surface area contributed by atoms with Crippen LogP contribution in [0, 0.1) is 5.82 Å². The van der Waals surface area contributed by atoms with Crippen molar-refractivity contribution in [1.29, 1.82) is 0 Å². The third kappa shape index (κ3) is 6.73. The van der Waals surface area contributed by atoms with E-state index in [-0.39, 0.29) is 61.5 Å². The average molecular weight is 631 g/mol. The number of likely N-dealkylation sites (tertiary alicyclic amines) is 1. The Morgan fingerprint density at radius 2 is 1.79 bits per heavy atom. The van der Waals surface area contributed by atoms with Crippen molar-refractivity contribution in [2.45, 2.75) is 67.8 Å². The lowest BCUT2D eigenvalue weighted by Crippen LogP contribution is -2.49. The number of hydrogen-bond donors (Lipinski definition) is 4. The van der Waals surface area contributed by atoms with Gasteiger partial charge >= 0.3 is 12.2 Å². The molecule has 3 atom stereocenters. The molecule has 2 heterocycles. The third-order valence-corrected chi connectivity index (χ3v) is 9.77. The number of benzene rings is 2. The number of aliphatic hydroxyl groups is 2. The molecule has 15 heteroatoms. The second kappa shape index (κ2) is 11.9. The van der Waals surface area contributed by atoms with Crippen LogP contribution in [0.25, 0.3) is 0 Å². The van der Waals surface area contributed by atoms with Crippen molar-refractivity contribution in [2.24, 2.45) is 0 Å². The Morgan fingerprint density at radius 3 is 2.42 bits per heavy atom. The van der Waals surface area contributed by atoms with Crippen LogP contribution in [0.2, 0.25) is 0 Å². The molecular weight excluding hydrogens is 596 g/mol. The summed E-state index contributed by atoms with van der Waals surface area (Å²) < 4.78 is 82.9. The third-order valence-electron chi connectivity index (χ3n) is 7.89. The second-order valence-corrected chi connectivity index (χ2v) is 12.9. The van der Waals surface area contributed by atoms with Crippen LogP contribution in [0.3, 0.4) is 0 Å². The number of amides is 3. The molecule has 3 amide bonds. The first-order valence-electron chi connectivity index (χ1n) is 13.7. The van der Waals surface area contributed by atoms with Crippen LogP contribution in [0.15, 0.2) is 47.4 Å². The number of nitrogens with zero attached hydrogens (tertiary/aromatic N) is 2. The molecule has 2 aromatic carbocycles. The van der Waals surface area contributed by atoms with Gasteiger partial charge in [0.25, 0.3) is 10.0 Å². The van der Waals surface area contributed by atoms with Gasteiger partial charge in [-0.3, -0.25) is 9.10 Å². The molecule has 2 aliphatic rings. The van der Waals surface area contributed by atoms with Gasteiger partial charge in [-0.1, -0.05) is 12.1 Å². The van der Waals surface area contributed by atoms with Gasteiger partial charge in [0.1, 0.15) is 11.4 Å². The van der Waals surface area contributed by atoms with E-state index in [1.165, 1.54) is 11.0 Å². The SMILES string of the molecule is CCNC(=O)NCC1(O)CCN(C(=O)C[C@@H]2CCc3cc(C(C)(O)C(F)(F)F)ccc3N2S(=O)(=O)c2ccc(F)cc2)C1. The number of anilines is 1. The molecule has 0 aromatic heterocycles. The van der Waals surface area contributed by atoms with E-state index < -0.39 is 56.8 Å². The maximum atomic E-state index is 13.9. The molecule has 1 fully saturated rings. The Bertz CT molecular complexity index is 1470. The Kier molecular flexibility index (Phi) is 9.01. The van der Waals surface area contributed by atoms with Crippen molar-refractivity contribution in [2.75, 3.05) is 30.5 Å². The van der Waals surface area contributed by atoms with Gasteiger partial charge in [0.15, 0.2) is 5.60 Å². The molecule has 0 radical (unpaired) electrons. The van der Waals surface area contributed by atoms with E-state index in [9.17, 15) is 45.8 Å². The number of aryl methyl sites for hydroxylation is 1. The number of fused-ring (bicyclic) bond motifs is 1. The van der Waals surface area contributed by atoms with Gasteiger partial charge in [-0.2, -0.15) is 13.2 Å². The second-order valence-electron chi connectivity index (χ2n) is 11.1. The van der Waals surface area contributed by atoms with E-state index in [1.807, 2.05) is 0 Å². The van der Waals surface area contributed by atoms with Gasteiger partial charge < -0.3 is 25.7 Å². The molecule has 4 rings (SSSR count). The Labute approximate surface area is 246 Å². The zero-order valence-electron chi connectivity index (χ0n) is 23.6. The summed E-state index contributed by atoms with van der Waals surface area (Å²) in [4.78, 5) is 26.2. The minimum Gasteiger partial charge on any atom is -0.386 e. The summed E-state index contributed by atoms with van der Waals surface area (Å²) in [5.41, 5.74) is -4.77. The lowest BCUT2D eigenvalue weighted by Gasteiger charge is -2.39. The standard InChI is InChI=1S/C28H34F4N4O6S/c1-3-33-25(38)34-16-27(40)12-13-35(17-27)24(37)15-21-8-4-18-14-19(26(2,39)28(30,31)32)5-11-23(18)36(21)43(41,42)22-9-6-20(29)7-10-22/h5-7,9-11,14,21,39-40H,3-4,8,12-13,15-17H2,1-2H3,(H2,33,34,38)/t21-,26?,27?/m0/s1. The summed E-state index contributed by atoms with van der Waals surface area (Å²) in [5, 5.41) is 26.2. The number of carbonyl (C=O) groups is 2. The van der Waals surface area contributed by atoms with Gasteiger partial charge in [-0.15, -0.1) is 0 Å². The summed E-state index contributed by atoms with van der Waals surface area (Å²) >= 11 is 0. The van der Waals surface area contributed by atoms with E-state index in [0.717, 1.165) is 40.7 Å². The first-order valence-corrected chi connectivity index (χ1v) is 15.2. The highest BCUT2D eigenvalue weighted by molar-refractivity contribution is 7.92. The number of β-amino-alcohol motifs (C(OH)–C–C–N with tert-alkyl or cyclic N) is 1. The molecule has 236 valence electrons. The maximum Gasteiger partial charge on any atom is 0.421 e. The summed E-state index contributed by atoms with van der Waals surface area (Å²) in [6.07, 6.45) is -4.93. The van der Waals surface area contributed by atoms with E-state index in [2.05, 4.69) is 10.6 Å². The predicted molar refractivity (Wildman–Crippen MR) is 148 cm³/mol. The number of sulfonamides is 1. The van der Waals surface area contributed by atoms with E-state index in [1.54, 1.807) is 6.92 Å². The molecule has 0 bridgehead atoms. The topological polar surface area (TPSA) is 139 Å². The lowest BCUT2D eigenvalue weighted by molar-refractivity contribution is -0.258. The van der Waals surface area contributed by atoms with Gasteiger partial charge in [-0.05, 0) is 74.6 Å². The molecule has 0 spiro atoms. The van der Waals surface area contributed by atoms with Crippen molar-refractivity contribution >= 4 is 27.6 Å². The van der Waals surface area contributed by atoms with Crippen molar-refractivity contribution in [3.63, 3.8) is 0 Å². The highest BCUT2D eigenvalue weighted by Crippen LogP contribution is 2.43. The zero-order valence-corrected chi connectivity index (χ0v) is 24.4. The van der Waals surface area contributed by atoms with Crippen LogP contribution in [-0.2, 0) is 26.8 Å². The minimum absolute atomic E-state index is 0.0409. The molecular formula is C28H34F4N4O6S. The molecule has 0 saturated carbocycles. The highest BCUT2D eigenvalue weighted by Gasteiger charge is 2.51. The van der Waals surface area contributed by atoms with E-state index in [4.69, 9.17) is 0 Å². The maximum absolute atomic E-state index is 13.9. The van der Waals surface area contributed by atoms with Crippen molar-refractivity contribution in [3.8, 4) is 0 Å². The average Bonchev–Trinajstić information content (AvgIpc) is 3.33. The number of alkyl halides is 3. The molecule has 2 aromatic rings. The lowest BCUT2D eigenvalue weighted by atomic mass is 9.89. The van der Waals surface area contributed by atoms with Crippen LogP contribution >= 0.6 is 0 Å². The van der Waals surface area contributed by atoms with Gasteiger partial charge in [-0.25, -0.2) is 17.6 Å². The number of rotatable bonds is 8. The number of carbonyl (C=O) groups excluding carboxylic acids is 2. The van der Waals surface area contributed by atoms with Crippen LogP contribution in [-0.4, -0.2) is 79.5 Å². The monoisotopic (exact) mass is 630 g/mol. The largest absolute Gasteiger partial charge is 0.421 e. The van der Waals surface area contributed by atoms with Crippen LogP contribution in [0.4, 0.5) is 28.0 Å². The smallest absolute Gasteiger partial charge is 0.386 e. The van der Waals surface area contributed by atoms with Crippen molar-refractivity contribution < 1.29 is 45.8 Å². The molecule has 4 N–H and O–H groups in total. The van der Waals surface area contributed by atoms with E-state index in [0.29, 0.717) is 13.5 Å². The summed E-state index contributed by atoms with van der Waals surface area (Å²) in [6.45, 7) is 2.69. The summed E-state index contributed by atoms with van der Waals surface area (Å²) in [6, 6.07) is 5.88. The fraction of sp³-hybridized carbons (Fsp3) is 0.500. The number of urea groups is 1. The molecule has 2 unspecified atom stereocenters. The van der Waals surface area contributed by atoms with Crippen LogP contribution in [0.5, 0.6) is 0 Å². The zero-order chi connectivity index (χ0) is 31.8. The van der Waals surface area contributed by atoms with Gasteiger partial charge in [0, 0.05) is 26.1 Å². The number of halogens is 4. The fourth-order valence-electron chi connectivity index (χ4n) is 5.35. The molecule has 43 heavy (non-hydrogen) atoms. The Morgan fingerprint density at radius 1 is 1.12 bits per heavy atom. The highest BCUT2D eigenvalue weighted by atomic mass is 32.2. The predicted octanol–water partition coefficient (Wildman–Crippen LogP) is 2.78. The van der Waals surface area contributed by atoms with Crippen molar-refractivity contribution in [3.05, 3.63) is 59.4 Å². The fourth-order valence-corrected chi connectivity index (χ4v) is 7.06. The molecule has 1 saturated heterocycles. The number of nitrogens with one attached hydrogen (secondary N) is 2. The van der Waals surface area contributed by atoms with Crippen molar-refractivity contribution in [1.82, 2.24) is 15.5 Å². The van der Waals surface area contributed by atoms with E-state index >= 15 is 0 Å².